The molecule has 0 radical (unpaired) electrons. The third kappa shape index (κ3) is 6.48. The van der Waals surface area contributed by atoms with Gasteiger partial charge in [-0.2, -0.15) is 5.10 Å². The highest BCUT2D eigenvalue weighted by Crippen LogP contribution is 2.20. The minimum Gasteiger partial charge on any atom is -0.383 e. The Balaban J connectivity index is 1.99. The van der Waals surface area contributed by atoms with Gasteiger partial charge < -0.3 is 20.5 Å². The molecule has 3 N–H and O–H groups in total. The summed E-state index contributed by atoms with van der Waals surface area (Å²) in [4.78, 5) is 7.09. The Morgan fingerprint density at radius 3 is 2.63 bits per heavy atom. The highest BCUT2D eigenvalue weighted by atomic mass is 16.5. The lowest BCUT2D eigenvalue weighted by Gasteiger charge is -2.37. The van der Waals surface area contributed by atoms with Crippen molar-refractivity contribution in [3.63, 3.8) is 0 Å². The molecule has 0 bridgehead atoms. The molecule has 1 aliphatic rings. The van der Waals surface area contributed by atoms with Gasteiger partial charge in [-0.15, -0.1) is 0 Å². The van der Waals surface area contributed by atoms with Crippen LogP contribution in [0.15, 0.2) is 17.4 Å². The van der Waals surface area contributed by atoms with Gasteiger partial charge in [0.1, 0.15) is 5.60 Å². The average molecular weight is 381 g/mol. The summed E-state index contributed by atoms with van der Waals surface area (Å²) in [5, 5.41) is 21.6. The van der Waals surface area contributed by atoms with Crippen molar-refractivity contribution in [1.29, 1.82) is 0 Å². The number of nitrogens with one attached hydrogen (secondary N) is 2. The zero-order valence-corrected chi connectivity index (χ0v) is 17.4. The molecule has 2 heterocycles. The lowest BCUT2D eigenvalue weighted by molar-refractivity contribution is 0.00750. The van der Waals surface area contributed by atoms with E-state index in [0.29, 0.717) is 12.0 Å². The number of hydrogen-bond donors (Lipinski definition) is 3. The first-order chi connectivity index (χ1) is 12.8. The van der Waals surface area contributed by atoms with Crippen LogP contribution in [0.3, 0.4) is 0 Å². The molecule has 2 atom stereocenters. The van der Waals surface area contributed by atoms with E-state index in [0.717, 1.165) is 50.9 Å². The molecule has 0 amide bonds. The number of morpholine rings is 1. The van der Waals surface area contributed by atoms with Crippen LogP contribution in [0.2, 0.25) is 0 Å². The lowest BCUT2D eigenvalue weighted by atomic mass is 10.0. The Bertz CT molecular complexity index is 593. The minimum absolute atomic E-state index is 0.262. The minimum atomic E-state index is -1.06. The molecular formula is C19H36N6O2. The second kappa shape index (κ2) is 10.1. The summed E-state index contributed by atoms with van der Waals surface area (Å²) in [5.41, 5.74) is -0.295. The monoisotopic (exact) mass is 380 g/mol. The Kier molecular flexibility index (Phi) is 8.07. The van der Waals surface area contributed by atoms with Gasteiger partial charge in [-0.3, -0.25) is 9.58 Å². The molecule has 2 unspecified atom stereocenters. The molecule has 1 fully saturated rings. The molecule has 1 saturated heterocycles. The summed E-state index contributed by atoms with van der Waals surface area (Å²) < 4.78 is 7.17. The van der Waals surface area contributed by atoms with Gasteiger partial charge in [-0.25, -0.2) is 4.99 Å². The predicted molar refractivity (Wildman–Crippen MR) is 108 cm³/mol. The molecular weight excluding hydrogens is 344 g/mol. The standard InChI is InChI=1S/C19H36N6O2/c1-6-20-18(22-14-19(4,26)16-11-23-24(5)13-16)21-12-17(15(2)3)25-7-9-27-10-8-25/h11,13,15,17,26H,6-10,12,14H2,1-5H3,(H2,20,21,22). The smallest absolute Gasteiger partial charge is 0.191 e. The summed E-state index contributed by atoms with van der Waals surface area (Å²) in [5.74, 6) is 1.25. The van der Waals surface area contributed by atoms with Crippen LogP contribution in [0.25, 0.3) is 0 Å². The predicted octanol–water partition coefficient (Wildman–Crippen LogP) is 0.540. The van der Waals surface area contributed by atoms with Gasteiger partial charge in [0.15, 0.2) is 5.96 Å². The van der Waals surface area contributed by atoms with E-state index < -0.39 is 5.60 Å². The van der Waals surface area contributed by atoms with E-state index in [1.165, 1.54) is 0 Å². The van der Waals surface area contributed by atoms with Crippen LogP contribution in [0.5, 0.6) is 0 Å². The van der Waals surface area contributed by atoms with Crippen LogP contribution in [0.1, 0.15) is 33.3 Å². The summed E-state index contributed by atoms with van der Waals surface area (Å²) >= 11 is 0. The molecule has 0 aliphatic carbocycles. The Hall–Kier alpha value is -1.64. The second-order valence-corrected chi connectivity index (χ2v) is 7.71. The van der Waals surface area contributed by atoms with E-state index in [4.69, 9.17) is 4.74 Å². The maximum Gasteiger partial charge on any atom is 0.191 e. The quantitative estimate of drug-likeness (QED) is 0.451. The number of aromatic nitrogens is 2. The first-order valence-electron chi connectivity index (χ1n) is 9.89. The number of hydrogen-bond acceptors (Lipinski definition) is 5. The van der Waals surface area contributed by atoms with Crippen LogP contribution >= 0.6 is 0 Å². The van der Waals surface area contributed by atoms with Gasteiger partial charge in [0, 0.05) is 51.0 Å². The van der Waals surface area contributed by atoms with Gasteiger partial charge in [0.2, 0.25) is 0 Å². The van der Waals surface area contributed by atoms with Crippen molar-refractivity contribution < 1.29 is 9.84 Å². The summed E-state index contributed by atoms with van der Waals surface area (Å²) in [6.45, 7) is 13.7. The topological polar surface area (TPSA) is 86.9 Å². The van der Waals surface area contributed by atoms with Crippen molar-refractivity contribution in [3.8, 4) is 0 Å². The summed E-state index contributed by atoms with van der Waals surface area (Å²) in [6, 6.07) is 0.414. The largest absolute Gasteiger partial charge is 0.383 e. The second-order valence-electron chi connectivity index (χ2n) is 7.71. The SMILES string of the molecule is CCNC(=NCC(C)(O)c1cnn(C)c1)NCC(C(C)C)N1CCOCC1. The fourth-order valence-electron chi connectivity index (χ4n) is 3.26. The molecule has 154 valence electrons. The number of rotatable bonds is 8. The third-order valence-corrected chi connectivity index (χ3v) is 4.98. The molecule has 0 aromatic carbocycles. The number of ether oxygens (including phenoxy) is 1. The van der Waals surface area contributed by atoms with Crippen molar-refractivity contribution in [3.05, 3.63) is 18.0 Å². The lowest BCUT2D eigenvalue weighted by Crippen LogP contribution is -2.52. The zero-order valence-electron chi connectivity index (χ0n) is 17.4. The average Bonchev–Trinajstić information content (AvgIpc) is 3.08. The first kappa shape index (κ1) is 21.7. The summed E-state index contributed by atoms with van der Waals surface area (Å²) in [7, 11) is 1.84. The van der Waals surface area contributed by atoms with E-state index in [-0.39, 0.29) is 6.54 Å². The number of guanidine groups is 1. The van der Waals surface area contributed by atoms with E-state index >= 15 is 0 Å². The molecule has 0 spiro atoms. The Morgan fingerprint density at radius 2 is 2.07 bits per heavy atom. The number of aryl methyl sites for hydroxylation is 1. The molecule has 1 aliphatic heterocycles. The molecule has 2 rings (SSSR count). The van der Waals surface area contributed by atoms with Crippen molar-refractivity contribution >= 4 is 5.96 Å². The number of aliphatic hydroxyl groups is 1. The normalized spacial score (nSPS) is 19.7. The van der Waals surface area contributed by atoms with Crippen LogP contribution in [0.4, 0.5) is 0 Å². The van der Waals surface area contributed by atoms with Gasteiger partial charge >= 0.3 is 0 Å². The molecule has 8 nitrogen and oxygen atoms in total. The Labute approximate surface area is 163 Å². The molecule has 8 heteroatoms. The van der Waals surface area contributed by atoms with Crippen LogP contribution in [0, 0.1) is 5.92 Å². The van der Waals surface area contributed by atoms with Crippen LogP contribution in [-0.4, -0.2) is 77.7 Å². The van der Waals surface area contributed by atoms with Gasteiger partial charge in [0.25, 0.3) is 0 Å². The van der Waals surface area contributed by atoms with Crippen LogP contribution < -0.4 is 10.6 Å². The van der Waals surface area contributed by atoms with Crippen molar-refractivity contribution in [1.82, 2.24) is 25.3 Å². The number of aliphatic imine (C=N–C) groups is 1. The maximum absolute atomic E-state index is 10.7. The molecule has 1 aromatic rings. The highest BCUT2D eigenvalue weighted by Gasteiger charge is 2.26. The van der Waals surface area contributed by atoms with Gasteiger partial charge in [0.05, 0.1) is 26.0 Å². The molecule has 0 saturated carbocycles. The fourth-order valence-corrected chi connectivity index (χ4v) is 3.26. The van der Waals surface area contributed by atoms with Crippen LogP contribution in [-0.2, 0) is 17.4 Å². The zero-order chi connectivity index (χ0) is 19.9. The maximum atomic E-state index is 10.7. The first-order valence-corrected chi connectivity index (χ1v) is 9.89. The third-order valence-electron chi connectivity index (χ3n) is 4.98. The van der Waals surface area contributed by atoms with Crippen molar-refractivity contribution in [2.75, 3.05) is 45.9 Å². The van der Waals surface area contributed by atoms with Crippen molar-refractivity contribution in [2.24, 2.45) is 18.0 Å². The fraction of sp³-hybridized carbons (Fsp3) is 0.789. The Morgan fingerprint density at radius 1 is 1.37 bits per heavy atom. The molecule has 1 aromatic heterocycles. The number of nitrogens with zero attached hydrogens (tertiary/aromatic N) is 4. The molecule has 27 heavy (non-hydrogen) atoms. The highest BCUT2D eigenvalue weighted by molar-refractivity contribution is 5.79. The van der Waals surface area contributed by atoms with Gasteiger partial charge in [-0.05, 0) is 19.8 Å². The van der Waals surface area contributed by atoms with E-state index in [9.17, 15) is 5.11 Å². The summed E-state index contributed by atoms with van der Waals surface area (Å²) in [6.07, 6.45) is 3.51. The van der Waals surface area contributed by atoms with E-state index in [1.807, 2.05) is 20.2 Å². The van der Waals surface area contributed by atoms with E-state index in [1.54, 1.807) is 17.8 Å². The van der Waals surface area contributed by atoms with Gasteiger partial charge in [-0.1, -0.05) is 13.8 Å². The van der Waals surface area contributed by atoms with E-state index in [2.05, 4.69) is 39.5 Å². The van der Waals surface area contributed by atoms with Crippen molar-refractivity contribution in [2.45, 2.75) is 39.3 Å².